The Morgan fingerprint density at radius 1 is 1.35 bits per heavy atom. The molecule has 1 amide bonds. The van der Waals surface area contributed by atoms with E-state index in [1.54, 1.807) is 22.7 Å². The lowest BCUT2D eigenvalue weighted by molar-refractivity contribution is -0.137. The first kappa shape index (κ1) is 16.7. The molecule has 2 aromatic heterocycles. The Bertz CT molecular complexity index is 732. The monoisotopic (exact) mass is 319 g/mol. The van der Waals surface area contributed by atoms with Gasteiger partial charge in [-0.3, -0.25) is 19.0 Å². The highest BCUT2D eigenvalue weighted by atomic mass is 16.4. The molecule has 0 radical (unpaired) electrons. The number of aliphatic carboxylic acids is 1. The maximum Gasteiger partial charge on any atom is 0.305 e. The van der Waals surface area contributed by atoms with E-state index in [0.717, 1.165) is 17.0 Å². The van der Waals surface area contributed by atoms with Gasteiger partial charge in [0.25, 0.3) is 5.91 Å². The fourth-order valence-electron chi connectivity index (χ4n) is 2.44. The van der Waals surface area contributed by atoms with Crippen molar-refractivity contribution in [2.45, 2.75) is 33.4 Å². The predicted molar refractivity (Wildman–Crippen MR) is 83.0 cm³/mol. The second-order valence-corrected chi connectivity index (χ2v) is 5.52. The lowest BCUT2D eigenvalue weighted by atomic mass is 10.2. The summed E-state index contributed by atoms with van der Waals surface area (Å²) in [6, 6.07) is 1.60. The van der Waals surface area contributed by atoms with Gasteiger partial charge >= 0.3 is 5.97 Å². The molecule has 0 bridgehead atoms. The van der Waals surface area contributed by atoms with Gasteiger partial charge in [0.05, 0.1) is 18.7 Å². The normalized spacial score (nSPS) is 10.8. The van der Waals surface area contributed by atoms with E-state index < -0.39 is 5.97 Å². The van der Waals surface area contributed by atoms with Crippen LogP contribution in [-0.2, 0) is 24.9 Å². The minimum absolute atomic E-state index is 0.0769. The summed E-state index contributed by atoms with van der Waals surface area (Å²) < 4.78 is 3.22. The van der Waals surface area contributed by atoms with Crippen molar-refractivity contribution in [3.05, 3.63) is 34.9 Å². The maximum absolute atomic E-state index is 12.6. The molecule has 0 aliphatic heterocycles. The van der Waals surface area contributed by atoms with E-state index in [1.807, 2.05) is 20.9 Å². The third-order valence-electron chi connectivity index (χ3n) is 3.87. The molecule has 0 spiro atoms. The highest BCUT2D eigenvalue weighted by Gasteiger charge is 2.20. The quantitative estimate of drug-likeness (QED) is 0.856. The van der Waals surface area contributed by atoms with Gasteiger partial charge in [0.2, 0.25) is 0 Å². The summed E-state index contributed by atoms with van der Waals surface area (Å²) in [5, 5.41) is 17.1. The summed E-state index contributed by atoms with van der Waals surface area (Å²) in [5.74, 6) is -1.12. The van der Waals surface area contributed by atoms with E-state index in [-0.39, 0.29) is 18.9 Å². The number of carboxylic acids is 1. The smallest absolute Gasteiger partial charge is 0.305 e. The maximum atomic E-state index is 12.6. The summed E-state index contributed by atoms with van der Waals surface area (Å²) in [6.45, 7) is 4.49. The topological polar surface area (TPSA) is 93.3 Å². The van der Waals surface area contributed by atoms with Crippen LogP contribution in [0.3, 0.4) is 0 Å². The molecule has 0 saturated heterocycles. The number of aryl methyl sites for hydroxylation is 3. The Morgan fingerprint density at radius 3 is 2.61 bits per heavy atom. The van der Waals surface area contributed by atoms with Gasteiger partial charge in [-0.15, -0.1) is 0 Å². The van der Waals surface area contributed by atoms with Crippen LogP contribution in [0.1, 0.15) is 33.9 Å². The number of carbonyl (C=O) groups is 2. The molecule has 2 heterocycles. The highest BCUT2D eigenvalue weighted by molar-refractivity contribution is 5.92. The van der Waals surface area contributed by atoms with Crippen LogP contribution in [0.25, 0.3) is 0 Å². The lowest BCUT2D eigenvalue weighted by Gasteiger charge is -2.18. The molecule has 0 aliphatic rings. The Kier molecular flexibility index (Phi) is 4.83. The summed E-state index contributed by atoms with van der Waals surface area (Å²) in [5.41, 5.74) is 3.30. The van der Waals surface area contributed by atoms with Crippen LogP contribution in [0.4, 0.5) is 0 Å². The van der Waals surface area contributed by atoms with E-state index in [4.69, 9.17) is 5.11 Å². The minimum atomic E-state index is -0.922. The fourth-order valence-corrected chi connectivity index (χ4v) is 2.44. The van der Waals surface area contributed by atoms with Gasteiger partial charge in [0.15, 0.2) is 0 Å². The average molecular weight is 319 g/mol. The lowest BCUT2D eigenvalue weighted by Crippen LogP contribution is -2.29. The van der Waals surface area contributed by atoms with Gasteiger partial charge in [-0.2, -0.15) is 10.2 Å². The highest BCUT2D eigenvalue weighted by Crippen LogP contribution is 2.15. The van der Waals surface area contributed by atoms with Crippen LogP contribution < -0.4 is 0 Å². The van der Waals surface area contributed by atoms with E-state index in [9.17, 15) is 9.59 Å². The number of carbonyl (C=O) groups excluding carboxylic acids is 1. The second-order valence-electron chi connectivity index (χ2n) is 5.52. The van der Waals surface area contributed by atoms with Crippen LogP contribution >= 0.6 is 0 Å². The number of amides is 1. The van der Waals surface area contributed by atoms with Gasteiger partial charge in [0.1, 0.15) is 5.69 Å². The van der Waals surface area contributed by atoms with Crippen molar-refractivity contribution in [1.82, 2.24) is 24.5 Å². The molecule has 0 fully saturated rings. The molecule has 8 nitrogen and oxygen atoms in total. The van der Waals surface area contributed by atoms with Crippen molar-refractivity contribution in [1.29, 1.82) is 0 Å². The van der Waals surface area contributed by atoms with E-state index in [1.165, 1.54) is 10.9 Å². The molecule has 2 aromatic rings. The van der Waals surface area contributed by atoms with E-state index >= 15 is 0 Å². The third kappa shape index (κ3) is 3.58. The number of hydrogen-bond acceptors (Lipinski definition) is 4. The Labute approximate surface area is 134 Å². The molecule has 0 unspecified atom stereocenters. The standard InChI is InChI=1S/C15H21N5O3/c1-10-12(11(2)19(4)17-10)9-18(3)15(23)13-5-7-16-20(13)8-6-14(21)22/h5,7H,6,8-9H2,1-4H3,(H,21,22). The van der Waals surface area contributed by atoms with Crippen LogP contribution in [0.2, 0.25) is 0 Å². The van der Waals surface area contributed by atoms with Gasteiger partial charge < -0.3 is 10.0 Å². The largest absolute Gasteiger partial charge is 0.481 e. The van der Waals surface area contributed by atoms with Crippen molar-refractivity contribution in [3.63, 3.8) is 0 Å². The van der Waals surface area contributed by atoms with Gasteiger partial charge in [0, 0.05) is 38.1 Å². The van der Waals surface area contributed by atoms with Gasteiger partial charge in [-0.25, -0.2) is 0 Å². The van der Waals surface area contributed by atoms with Gasteiger partial charge in [-0.05, 0) is 19.9 Å². The average Bonchev–Trinajstić information content (AvgIpc) is 3.04. The summed E-state index contributed by atoms with van der Waals surface area (Å²) in [6.07, 6.45) is 1.43. The van der Waals surface area contributed by atoms with Gasteiger partial charge in [-0.1, -0.05) is 0 Å². The number of carboxylic acid groups (broad SMARTS) is 1. The molecular weight excluding hydrogens is 298 g/mol. The van der Waals surface area contributed by atoms with Crippen LogP contribution in [0.5, 0.6) is 0 Å². The predicted octanol–water partition coefficient (Wildman–Crippen LogP) is 0.980. The second kappa shape index (κ2) is 6.64. The fraction of sp³-hybridized carbons (Fsp3) is 0.467. The first-order chi connectivity index (χ1) is 10.8. The zero-order chi connectivity index (χ0) is 17.1. The molecule has 8 heteroatoms. The van der Waals surface area contributed by atoms with Crippen molar-refractivity contribution in [2.24, 2.45) is 7.05 Å². The van der Waals surface area contributed by atoms with Crippen LogP contribution in [0, 0.1) is 13.8 Å². The SMILES string of the molecule is Cc1nn(C)c(C)c1CN(C)C(=O)c1ccnn1CCC(=O)O. The van der Waals surface area contributed by atoms with Crippen molar-refractivity contribution >= 4 is 11.9 Å². The van der Waals surface area contributed by atoms with Crippen LogP contribution in [-0.4, -0.2) is 48.5 Å². The zero-order valence-corrected chi connectivity index (χ0v) is 13.8. The first-order valence-corrected chi connectivity index (χ1v) is 7.29. The van der Waals surface area contributed by atoms with Crippen molar-refractivity contribution < 1.29 is 14.7 Å². The Balaban J connectivity index is 2.14. The van der Waals surface area contributed by atoms with E-state index in [2.05, 4.69) is 10.2 Å². The number of aromatic nitrogens is 4. The van der Waals surface area contributed by atoms with Crippen molar-refractivity contribution in [3.8, 4) is 0 Å². The molecule has 2 rings (SSSR count). The summed E-state index contributed by atoms with van der Waals surface area (Å²) in [4.78, 5) is 24.9. The molecule has 0 saturated carbocycles. The molecule has 0 aromatic carbocycles. The minimum Gasteiger partial charge on any atom is -0.481 e. The molecule has 0 atom stereocenters. The van der Waals surface area contributed by atoms with Crippen LogP contribution in [0.15, 0.2) is 12.3 Å². The third-order valence-corrected chi connectivity index (χ3v) is 3.87. The Hall–Kier alpha value is -2.64. The summed E-state index contributed by atoms with van der Waals surface area (Å²) in [7, 11) is 3.58. The number of rotatable bonds is 6. The molecule has 0 aliphatic carbocycles. The molecule has 1 N–H and O–H groups in total. The van der Waals surface area contributed by atoms with E-state index in [0.29, 0.717) is 12.2 Å². The first-order valence-electron chi connectivity index (χ1n) is 7.29. The number of nitrogens with zero attached hydrogens (tertiary/aromatic N) is 5. The zero-order valence-electron chi connectivity index (χ0n) is 13.8. The molecular formula is C15H21N5O3. The van der Waals surface area contributed by atoms with Crippen molar-refractivity contribution in [2.75, 3.05) is 7.05 Å². The molecule has 124 valence electrons. The number of hydrogen-bond donors (Lipinski definition) is 1. The summed E-state index contributed by atoms with van der Waals surface area (Å²) >= 11 is 0. The molecule has 23 heavy (non-hydrogen) atoms. The Morgan fingerprint density at radius 2 is 2.04 bits per heavy atom.